The number of hydrogen-bond donors (Lipinski definition) is 2. The van der Waals surface area contributed by atoms with Crippen LogP contribution >= 0.6 is 15.9 Å². The number of hydrogen-bond acceptors (Lipinski definition) is 3. The van der Waals surface area contributed by atoms with Gasteiger partial charge in [-0.15, -0.1) is 0 Å². The minimum Gasteiger partial charge on any atom is -0.397 e. The molecule has 0 aliphatic rings. The molecule has 2 rings (SSSR count). The van der Waals surface area contributed by atoms with Gasteiger partial charge in [0.25, 0.3) is 5.91 Å². The van der Waals surface area contributed by atoms with Crippen molar-refractivity contribution in [2.75, 3.05) is 23.8 Å². The number of aliphatic hydroxyl groups excluding tert-OH is 1. The molecule has 0 fully saturated rings. The average molecular weight is 349 g/mol. The summed E-state index contributed by atoms with van der Waals surface area (Å²) in [7, 11) is 0. The van der Waals surface area contributed by atoms with E-state index in [0.717, 1.165) is 10.0 Å². The highest BCUT2D eigenvalue weighted by atomic mass is 79.9. The minimum absolute atomic E-state index is 0.135. The van der Waals surface area contributed by atoms with Crippen LogP contribution in [0, 0.1) is 6.92 Å². The Bertz CT molecular complexity index is 658. The summed E-state index contributed by atoms with van der Waals surface area (Å²) in [5.41, 5.74) is 8.58. The number of para-hydroxylation sites is 2. The molecule has 4 nitrogen and oxygen atoms in total. The number of amides is 1. The van der Waals surface area contributed by atoms with Crippen LogP contribution in [0.4, 0.5) is 11.4 Å². The molecule has 0 aliphatic heterocycles. The van der Waals surface area contributed by atoms with E-state index in [2.05, 4.69) is 15.9 Å². The van der Waals surface area contributed by atoms with Gasteiger partial charge < -0.3 is 15.7 Å². The number of aryl methyl sites for hydroxylation is 1. The van der Waals surface area contributed by atoms with E-state index in [1.54, 1.807) is 18.2 Å². The SMILES string of the molecule is Cc1cccc(C(=O)N(CCO)c2ccccc2N)c1Br. The maximum atomic E-state index is 12.8. The van der Waals surface area contributed by atoms with Crippen molar-refractivity contribution in [3.63, 3.8) is 0 Å². The first kappa shape index (κ1) is 15.5. The number of halogens is 1. The molecule has 21 heavy (non-hydrogen) atoms. The fourth-order valence-corrected chi connectivity index (χ4v) is 2.56. The monoisotopic (exact) mass is 348 g/mol. The number of rotatable bonds is 4. The Labute approximate surface area is 132 Å². The lowest BCUT2D eigenvalue weighted by Crippen LogP contribution is -2.34. The molecule has 0 saturated carbocycles. The number of nitrogens with two attached hydrogens (primary N) is 1. The third-order valence-corrected chi connectivity index (χ3v) is 4.27. The van der Waals surface area contributed by atoms with Crippen LogP contribution in [0.25, 0.3) is 0 Å². The van der Waals surface area contributed by atoms with Crippen molar-refractivity contribution < 1.29 is 9.90 Å². The standard InChI is InChI=1S/C16H17BrN2O2/c1-11-5-4-6-12(15(11)17)16(21)19(9-10-20)14-8-3-2-7-13(14)18/h2-8,20H,9-10,18H2,1H3. The molecular weight excluding hydrogens is 332 g/mol. The second-order valence-electron chi connectivity index (χ2n) is 4.68. The topological polar surface area (TPSA) is 66.6 Å². The lowest BCUT2D eigenvalue weighted by molar-refractivity contribution is 0.0980. The molecule has 2 aromatic rings. The second kappa shape index (κ2) is 6.74. The first-order valence-electron chi connectivity index (χ1n) is 6.58. The predicted molar refractivity (Wildman–Crippen MR) is 88.5 cm³/mol. The molecule has 0 saturated heterocycles. The summed E-state index contributed by atoms with van der Waals surface area (Å²) >= 11 is 3.45. The Morgan fingerprint density at radius 1 is 1.24 bits per heavy atom. The van der Waals surface area contributed by atoms with E-state index in [9.17, 15) is 9.90 Å². The normalized spacial score (nSPS) is 10.4. The Morgan fingerprint density at radius 3 is 2.62 bits per heavy atom. The number of aliphatic hydroxyl groups is 1. The van der Waals surface area contributed by atoms with Gasteiger partial charge in [-0.1, -0.05) is 24.3 Å². The third-order valence-electron chi connectivity index (χ3n) is 3.22. The van der Waals surface area contributed by atoms with Gasteiger partial charge >= 0.3 is 0 Å². The summed E-state index contributed by atoms with van der Waals surface area (Å²) in [5, 5.41) is 9.26. The van der Waals surface area contributed by atoms with Crippen molar-refractivity contribution in [1.29, 1.82) is 0 Å². The number of nitrogen functional groups attached to an aromatic ring is 1. The van der Waals surface area contributed by atoms with E-state index >= 15 is 0 Å². The van der Waals surface area contributed by atoms with E-state index in [0.29, 0.717) is 16.9 Å². The van der Waals surface area contributed by atoms with Gasteiger partial charge in [0.1, 0.15) is 0 Å². The number of anilines is 2. The number of carbonyl (C=O) groups excluding carboxylic acids is 1. The summed E-state index contributed by atoms with van der Waals surface area (Å²) in [5.74, 6) is -0.197. The highest BCUT2D eigenvalue weighted by molar-refractivity contribution is 9.10. The Kier molecular flexibility index (Phi) is 4.98. The highest BCUT2D eigenvalue weighted by Crippen LogP contribution is 2.27. The number of carbonyl (C=O) groups is 1. The Hall–Kier alpha value is -1.85. The van der Waals surface area contributed by atoms with E-state index < -0.39 is 0 Å². The number of benzene rings is 2. The molecule has 0 bridgehead atoms. The lowest BCUT2D eigenvalue weighted by Gasteiger charge is -2.24. The molecule has 2 aromatic carbocycles. The van der Waals surface area contributed by atoms with Crippen LogP contribution in [0.5, 0.6) is 0 Å². The minimum atomic E-state index is -0.197. The molecule has 3 N–H and O–H groups in total. The van der Waals surface area contributed by atoms with Crippen LogP contribution in [0.15, 0.2) is 46.9 Å². The van der Waals surface area contributed by atoms with Gasteiger partial charge in [-0.2, -0.15) is 0 Å². The summed E-state index contributed by atoms with van der Waals surface area (Å²) in [6, 6.07) is 12.6. The first-order valence-corrected chi connectivity index (χ1v) is 7.38. The zero-order valence-corrected chi connectivity index (χ0v) is 13.3. The van der Waals surface area contributed by atoms with Gasteiger partial charge in [-0.05, 0) is 46.6 Å². The van der Waals surface area contributed by atoms with Crippen molar-refractivity contribution in [1.82, 2.24) is 0 Å². The maximum Gasteiger partial charge on any atom is 0.259 e. The Morgan fingerprint density at radius 2 is 1.95 bits per heavy atom. The smallest absolute Gasteiger partial charge is 0.259 e. The molecule has 0 aromatic heterocycles. The van der Waals surface area contributed by atoms with E-state index in [4.69, 9.17) is 5.73 Å². The van der Waals surface area contributed by atoms with Crippen LogP contribution in [-0.2, 0) is 0 Å². The van der Waals surface area contributed by atoms with Crippen molar-refractivity contribution in [3.8, 4) is 0 Å². The number of nitrogens with zero attached hydrogens (tertiary/aromatic N) is 1. The third kappa shape index (κ3) is 3.25. The summed E-state index contributed by atoms with van der Waals surface area (Å²) < 4.78 is 0.757. The van der Waals surface area contributed by atoms with Crippen LogP contribution in [-0.4, -0.2) is 24.2 Å². The first-order chi connectivity index (χ1) is 10.1. The van der Waals surface area contributed by atoms with Crippen molar-refractivity contribution in [2.24, 2.45) is 0 Å². The molecule has 1 amide bonds. The molecule has 110 valence electrons. The largest absolute Gasteiger partial charge is 0.397 e. The molecule has 0 atom stereocenters. The summed E-state index contributed by atoms with van der Waals surface area (Å²) in [6.45, 7) is 1.98. The molecule has 0 aliphatic carbocycles. The van der Waals surface area contributed by atoms with E-state index in [-0.39, 0.29) is 19.1 Å². The summed E-state index contributed by atoms with van der Waals surface area (Å²) in [6.07, 6.45) is 0. The zero-order chi connectivity index (χ0) is 15.4. The maximum absolute atomic E-state index is 12.8. The van der Waals surface area contributed by atoms with Crippen molar-refractivity contribution in [3.05, 3.63) is 58.1 Å². The van der Waals surface area contributed by atoms with Gasteiger partial charge in [-0.25, -0.2) is 0 Å². The fourth-order valence-electron chi connectivity index (χ4n) is 2.12. The quantitative estimate of drug-likeness (QED) is 0.834. The molecule has 0 radical (unpaired) electrons. The second-order valence-corrected chi connectivity index (χ2v) is 5.47. The lowest BCUT2D eigenvalue weighted by atomic mass is 10.1. The highest BCUT2D eigenvalue weighted by Gasteiger charge is 2.21. The predicted octanol–water partition coefficient (Wildman–Crippen LogP) is 2.98. The van der Waals surface area contributed by atoms with Gasteiger partial charge in [-0.3, -0.25) is 4.79 Å². The van der Waals surface area contributed by atoms with Gasteiger partial charge in [0, 0.05) is 11.0 Å². The zero-order valence-electron chi connectivity index (χ0n) is 11.7. The molecule has 0 spiro atoms. The van der Waals surface area contributed by atoms with Crippen LogP contribution < -0.4 is 10.6 Å². The van der Waals surface area contributed by atoms with Crippen LogP contribution in [0.2, 0.25) is 0 Å². The fraction of sp³-hybridized carbons (Fsp3) is 0.188. The molecule has 5 heteroatoms. The van der Waals surface area contributed by atoms with Crippen molar-refractivity contribution in [2.45, 2.75) is 6.92 Å². The van der Waals surface area contributed by atoms with Crippen molar-refractivity contribution >= 4 is 33.2 Å². The van der Waals surface area contributed by atoms with Crippen LogP contribution in [0.3, 0.4) is 0 Å². The van der Waals surface area contributed by atoms with Gasteiger partial charge in [0.15, 0.2) is 0 Å². The molecular formula is C16H17BrN2O2. The Balaban J connectivity index is 2.46. The molecule has 0 heterocycles. The van der Waals surface area contributed by atoms with Gasteiger partial charge in [0.2, 0.25) is 0 Å². The average Bonchev–Trinajstić information content (AvgIpc) is 2.48. The summed E-state index contributed by atoms with van der Waals surface area (Å²) in [4.78, 5) is 14.3. The van der Waals surface area contributed by atoms with Gasteiger partial charge in [0.05, 0.1) is 23.5 Å². The van der Waals surface area contributed by atoms with E-state index in [1.807, 2.05) is 31.2 Å². The van der Waals surface area contributed by atoms with Crippen LogP contribution in [0.1, 0.15) is 15.9 Å². The molecule has 0 unspecified atom stereocenters. The van der Waals surface area contributed by atoms with E-state index in [1.165, 1.54) is 4.90 Å².